The van der Waals surface area contributed by atoms with E-state index in [4.69, 9.17) is 9.84 Å². The number of benzene rings is 1. The summed E-state index contributed by atoms with van der Waals surface area (Å²) in [5.74, 6) is 0.429. The lowest BCUT2D eigenvalue weighted by molar-refractivity contribution is -0.121. The van der Waals surface area contributed by atoms with Crippen LogP contribution in [-0.2, 0) is 15.1 Å². The number of anilines is 3. The lowest BCUT2D eigenvalue weighted by Crippen LogP contribution is -2.48. The largest absolute Gasteiger partial charge is 0.381 e. The van der Waals surface area contributed by atoms with Crippen molar-refractivity contribution in [1.29, 1.82) is 0 Å². The van der Waals surface area contributed by atoms with Crippen molar-refractivity contribution in [2.24, 2.45) is 0 Å². The molecule has 9 nitrogen and oxygen atoms in total. The Kier molecular flexibility index (Phi) is 5.91. The molecular weight excluding hydrogens is 432 g/mol. The Labute approximate surface area is 198 Å². The standard InChI is InChI=1S/C25H32N6O3/c1-15(2)29-25(3)18-8-7-16(14-19(18)28-24(25)33)27-22-21-20(9-11-26-23(21)32)31(30-22)17-6-4-5-12-34-13-10-17/h7-9,11,14-15,17,29H,4-6,10,12-13H2,1-3H3,(H,26,32)(H,27,30)(H,28,33). The Balaban J connectivity index is 1.50. The number of ether oxygens (including phenoxy) is 1. The molecule has 2 unspecified atom stereocenters. The van der Waals surface area contributed by atoms with Crippen molar-refractivity contribution in [1.82, 2.24) is 20.1 Å². The molecule has 9 heteroatoms. The molecule has 2 aliphatic rings. The number of pyridine rings is 1. The number of carbonyl (C=O) groups excluding carboxylic acids is 1. The van der Waals surface area contributed by atoms with E-state index < -0.39 is 5.54 Å². The molecule has 0 aliphatic carbocycles. The van der Waals surface area contributed by atoms with Gasteiger partial charge < -0.3 is 20.4 Å². The highest BCUT2D eigenvalue weighted by Gasteiger charge is 2.43. The van der Waals surface area contributed by atoms with Crippen LogP contribution in [0.25, 0.3) is 10.9 Å². The van der Waals surface area contributed by atoms with Gasteiger partial charge in [0.25, 0.3) is 5.56 Å². The first-order valence-electron chi connectivity index (χ1n) is 12.0. The van der Waals surface area contributed by atoms with Gasteiger partial charge >= 0.3 is 0 Å². The summed E-state index contributed by atoms with van der Waals surface area (Å²) in [7, 11) is 0. The molecule has 0 radical (unpaired) electrons. The van der Waals surface area contributed by atoms with Crippen molar-refractivity contribution in [3.63, 3.8) is 0 Å². The number of nitrogens with zero attached hydrogens (tertiary/aromatic N) is 2. The molecule has 34 heavy (non-hydrogen) atoms. The van der Waals surface area contributed by atoms with Crippen molar-refractivity contribution in [2.45, 2.75) is 64.1 Å². The number of H-pyrrole nitrogens is 1. The van der Waals surface area contributed by atoms with Crippen molar-refractivity contribution >= 4 is 34.0 Å². The van der Waals surface area contributed by atoms with Crippen molar-refractivity contribution in [3.05, 3.63) is 46.4 Å². The highest BCUT2D eigenvalue weighted by atomic mass is 16.5. The van der Waals surface area contributed by atoms with Gasteiger partial charge in [-0.15, -0.1) is 0 Å². The number of hydrogen-bond donors (Lipinski definition) is 4. The molecule has 2 aliphatic heterocycles. The third-order valence-electron chi connectivity index (χ3n) is 6.75. The second kappa shape index (κ2) is 8.88. The van der Waals surface area contributed by atoms with E-state index in [2.05, 4.69) is 20.9 Å². The van der Waals surface area contributed by atoms with Crippen LogP contribution in [0, 0.1) is 0 Å². The van der Waals surface area contributed by atoms with Crippen molar-refractivity contribution < 1.29 is 9.53 Å². The van der Waals surface area contributed by atoms with Gasteiger partial charge in [0.2, 0.25) is 5.91 Å². The summed E-state index contributed by atoms with van der Waals surface area (Å²) in [6, 6.07) is 7.99. The molecule has 4 heterocycles. The second-order valence-corrected chi connectivity index (χ2v) is 9.67. The number of nitrogens with one attached hydrogen (secondary N) is 4. The zero-order valence-electron chi connectivity index (χ0n) is 19.9. The molecule has 0 bridgehead atoms. The Morgan fingerprint density at radius 3 is 2.85 bits per heavy atom. The predicted molar refractivity (Wildman–Crippen MR) is 133 cm³/mol. The maximum atomic E-state index is 12.8. The van der Waals surface area contributed by atoms with Crippen LogP contribution in [0.3, 0.4) is 0 Å². The Bertz CT molecular complexity index is 1270. The van der Waals surface area contributed by atoms with Gasteiger partial charge in [0.15, 0.2) is 5.82 Å². The van der Waals surface area contributed by atoms with Crippen LogP contribution < -0.4 is 21.5 Å². The maximum Gasteiger partial charge on any atom is 0.261 e. The normalized spacial score (nSPS) is 22.9. The fourth-order valence-electron chi connectivity index (χ4n) is 5.15. The average molecular weight is 465 g/mol. The van der Waals surface area contributed by atoms with Gasteiger partial charge in [-0.3, -0.25) is 19.6 Å². The molecule has 0 spiro atoms. The number of aromatic nitrogens is 3. The van der Waals surface area contributed by atoms with Crippen LogP contribution in [-0.4, -0.2) is 39.9 Å². The Hall–Kier alpha value is -3.17. The van der Waals surface area contributed by atoms with Gasteiger partial charge in [-0.2, -0.15) is 5.10 Å². The second-order valence-electron chi connectivity index (χ2n) is 9.67. The van der Waals surface area contributed by atoms with Gasteiger partial charge in [-0.05, 0) is 64.7 Å². The molecule has 5 rings (SSSR count). The predicted octanol–water partition coefficient (Wildman–Crippen LogP) is 3.77. The summed E-state index contributed by atoms with van der Waals surface area (Å²) in [6.45, 7) is 7.43. The topological polar surface area (TPSA) is 113 Å². The lowest BCUT2D eigenvalue weighted by Gasteiger charge is -2.26. The van der Waals surface area contributed by atoms with E-state index in [-0.39, 0.29) is 23.6 Å². The Morgan fingerprint density at radius 1 is 1.18 bits per heavy atom. The molecule has 1 saturated heterocycles. The minimum atomic E-state index is -0.784. The van der Waals surface area contributed by atoms with Crippen LogP contribution >= 0.6 is 0 Å². The van der Waals surface area contributed by atoms with E-state index in [0.717, 1.165) is 54.7 Å². The maximum absolute atomic E-state index is 12.8. The lowest BCUT2D eigenvalue weighted by atomic mass is 9.92. The summed E-state index contributed by atoms with van der Waals surface area (Å²) in [6.07, 6.45) is 5.62. The zero-order chi connectivity index (χ0) is 23.9. The molecule has 2 atom stereocenters. The van der Waals surface area contributed by atoms with Crippen LogP contribution in [0.5, 0.6) is 0 Å². The molecule has 180 valence electrons. The summed E-state index contributed by atoms with van der Waals surface area (Å²) in [4.78, 5) is 28.3. The third-order valence-corrected chi connectivity index (χ3v) is 6.75. The molecule has 3 aromatic rings. The van der Waals surface area contributed by atoms with Gasteiger partial charge in [0, 0.05) is 42.4 Å². The smallest absolute Gasteiger partial charge is 0.261 e. The van der Waals surface area contributed by atoms with Crippen molar-refractivity contribution in [3.8, 4) is 0 Å². The third kappa shape index (κ3) is 3.99. The monoisotopic (exact) mass is 464 g/mol. The van der Waals surface area contributed by atoms with E-state index in [9.17, 15) is 9.59 Å². The number of fused-ring (bicyclic) bond motifs is 2. The van der Waals surface area contributed by atoms with Gasteiger partial charge in [-0.1, -0.05) is 6.07 Å². The van der Waals surface area contributed by atoms with Crippen LogP contribution in [0.1, 0.15) is 58.1 Å². The number of carbonyl (C=O) groups is 1. The highest BCUT2D eigenvalue weighted by Crippen LogP contribution is 2.38. The fraction of sp³-hybridized carbons (Fsp3) is 0.480. The van der Waals surface area contributed by atoms with E-state index in [1.54, 1.807) is 6.20 Å². The van der Waals surface area contributed by atoms with Crippen LogP contribution in [0.4, 0.5) is 17.2 Å². The molecule has 2 aromatic heterocycles. The van der Waals surface area contributed by atoms with E-state index >= 15 is 0 Å². The first-order valence-corrected chi connectivity index (χ1v) is 12.0. The molecule has 4 N–H and O–H groups in total. The molecular formula is C25H32N6O3. The van der Waals surface area contributed by atoms with Gasteiger partial charge in [-0.25, -0.2) is 0 Å². The van der Waals surface area contributed by atoms with Gasteiger partial charge in [0.1, 0.15) is 10.9 Å². The molecule has 0 saturated carbocycles. The average Bonchev–Trinajstić information content (AvgIpc) is 3.23. The molecule has 1 amide bonds. The fourth-order valence-corrected chi connectivity index (χ4v) is 5.15. The minimum absolute atomic E-state index is 0.0778. The quantitative estimate of drug-likeness (QED) is 0.457. The number of aromatic amines is 1. The van der Waals surface area contributed by atoms with E-state index in [1.165, 1.54) is 0 Å². The SMILES string of the molecule is CC(C)NC1(C)C(=O)Nc2cc(Nc3nn(C4CCCCOCC4)c4cc[nH]c(=O)c34)ccc21. The molecule has 1 aromatic carbocycles. The van der Waals surface area contributed by atoms with E-state index in [1.807, 2.05) is 49.7 Å². The highest BCUT2D eigenvalue weighted by molar-refractivity contribution is 6.06. The van der Waals surface area contributed by atoms with Crippen LogP contribution in [0.15, 0.2) is 35.3 Å². The number of rotatable bonds is 5. The summed E-state index contributed by atoms with van der Waals surface area (Å²) in [5.41, 5.74) is 2.24. The number of hydrogen-bond acceptors (Lipinski definition) is 6. The Morgan fingerprint density at radius 2 is 2.03 bits per heavy atom. The summed E-state index contributed by atoms with van der Waals surface area (Å²) < 4.78 is 7.66. The summed E-state index contributed by atoms with van der Waals surface area (Å²) in [5, 5.41) is 15.1. The summed E-state index contributed by atoms with van der Waals surface area (Å²) >= 11 is 0. The van der Waals surface area contributed by atoms with E-state index in [0.29, 0.717) is 17.8 Å². The van der Waals surface area contributed by atoms with Crippen LogP contribution in [0.2, 0.25) is 0 Å². The number of amides is 1. The van der Waals surface area contributed by atoms with Gasteiger partial charge in [0.05, 0.1) is 11.6 Å². The first kappa shape index (κ1) is 22.6. The minimum Gasteiger partial charge on any atom is -0.381 e. The van der Waals surface area contributed by atoms with Crippen molar-refractivity contribution in [2.75, 3.05) is 23.8 Å². The molecule has 1 fully saturated rings. The first-order chi connectivity index (χ1) is 16.4. The zero-order valence-corrected chi connectivity index (χ0v) is 19.9.